The number of carbonyl (C=O) groups excluding carboxylic acids is 1. The maximum Gasteiger partial charge on any atom is 0.254 e. The van der Waals surface area contributed by atoms with Gasteiger partial charge in [0.15, 0.2) is 0 Å². The van der Waals surface area contributed by atoms with Crippen LogP contribution in [-0.2, 0) is 6.54 Å². The Morgan fingerprint density at radius 1 is 1.24 bits per heavy atom. The van der Waals surface area contributed by atoms with Crippen LogP contribution in [0.3, 0.4) is 0 Å². The van der Waals surface area contributed by atoms with Gasteiger partial charge in [0, 0.05) is 4.88 Å². The lowest BCUT2D eigenvalue weighted by atomic mass is 10.1. The number of nitrogens with one attached hydrogen (secondary N) is 1. The molecule has 0 radical (unpaired) electrons. The van der Waals surface area contributed by atoms with E-state index >= 15 is 0 Å². The number of benzene rings is 1. The minimum absolute atomic E-state index is 0.0295. The van der Waals surface area contributed by atoms with Crippen molar-refractivity contribution in [3.05, 3.63) is 71.2 Å². The van der Waals surface area contributed by atoms with Crippen molar-refractivity contribution in [2.24, 2.45) is 0 Å². The molecule has 2 aromatic heterocycles. The standard InChI is InChI=1S/C16H12FNO2S/c17-14-9-11(15-4-2-8-21-15)5-6-13(14)16(19)18-10-12-3-1-7-20-12/h1-9H,10H2,(H,18,19). The summed E-state index contributed by atoms with van der Waals surface area (Å²) in [6, 6.07) is 11.9. The molecule has 0 saturated heterocycles. The smallest absolute Gasteiger partial charge is 0.254 e. The van der Waals surface area contributed by atoms with Crippen molar-refractivity contribution in [3.63, 3.8) is 0 Å². The van der Waals surface area contributed by atoms with Crippen LogP contribution in [0.4, 0.5) is 4.39 Å². The van der Waals surface area contributed by atoms with Crippen LogP contribution >= 0.6 is 11.3 Å². The first-order chi connectivity index (χ1) is 10.2. The van der Waals surface area contributed by atoms with E-state index in [0.29, 0.717) is 5.76 Å². The maximum absolute atomic E-state index is 14.1. The summed E-state index contributed by atoms with van der Waals surface area (Å²) in [6.07, 6.45) is 1.53. The maximum atomic E-state index is 14.1. The minimum Gasteiger partial charge on any atom is -0.467 e. The lowest BCUT2D eigenvalue weighted by Crippen LogP contribution is -2.23. The number of halogens is 1. The van der Waals surface area contributed by atoms with Crippen LogP contribution < -0.4 is 5.32 Å². The molecule has 3 rings (SSSR count). The SMILES string of the molecule is O=C(NCc1ccco1)c1ccc(-c2cccs2)cc1F. The molecule has 0 aliphatic carbocycles. The van der Waals surface area contributed by atoms with Gasteiger partial charge in [0.05, 0.1) is 18.4 Å². The zero-order valence-corrected chi connectivity index (χ0v) is 11.8. The molecule has 0 saturated carbocycles. The number of furan rings is 1. The topological polar surface area (TPSA) is 42.2 Å². The van der Waals surface area contributed by atoms with E-state index in [0.717, 1.165) is 10.4 Å². The molecule has 0 fully saturated rings. The first-order valence-corrected chi connectivity index (χ1v) is 7.26. The first kappa shape index (κ1) is 13.6. The molecule has 2 heterocycles. The van der Waals surface area contributed by atoms with E-state index in [1.165, 1.54) is 29.7 Å². The quantitative estimate of drug-likeness (QED) is 0.789. The van der Waals surface area contributed by atoms with Crippen molar-refractivity contribution in [1.82, 2.24) is 5.32 Å². The normalized spacial score (nSPS) is 10.5. The van der Waals surface area contributed by atoms with Gasteiger partial charge in [-0.1, -0.05) is 12.1 Å². The van der Waals surface area contributed by atoms with Gasteiger partial charge in [-0.05, 0) is 41.3 Å². The van der Waals surface area contributed by atoms with Gasteiger partial charge >= 0.3 is 0 Å². The van der Waals surface area contributed by atoms with Crippen LogP contribution in [0.25, 0.3) is 10.4 Å². The van der Waals surface area contributed by atoms with E-state index in [1.54, 1.807) is 18.2 Å². The summed E-state index contributed by atoms with van der Waals surface area (Å²) in [5, 5.41) is 4.55. The van der Waals surface area contributed by atoms with E-state index in [1.807, 2.05) is 17.5 Å². The average Bonchev–Trinajstić information content (AvgIpc) is 3.18. The molecule has 21 heavy (non-hydrogen) atoms. The molecule has 1 N–H and O–H groups in total. The third kappa shape index (κ3) is 3.03. The van der Waals surface area contributed by atoms with Crippen molar-refractivity contribution in [3.8, 4) is 10.4 Å². The summed E-state index contributed by atoms with van der Waals surface area (Å²) in [4.78, 5) is 12.9. The molecule has 1 amide bonds. The monoisotopic (exact) mass is 301 g/mol. The number of rotatable bonds is 4. The fraction of sp³-hybridized carbons (Fsp3) is 0.0625. The Kier molecular flexibility index (Phi) is 3.83. The summed E-state index contributed by atoms with van der Waals surface area (Å²) < 4.78 is 19.2. The molecule has 3 aromatic rings. The third-order valence-corrected chi connectivity index (χ3v) is 3.94. The van der Waals surface area contributed by atoms with Gasteiger partial charge in [0.25, 0.3) is 5.91 Å². The van der Waals surface area contributed by atoms with Crippen LogP contribution in [-0.4, -0.2) is 5.91 Å². The Labute approximate surface area is 125 Å². The second kappa shape index (κ2) is 5.93. The molecule has 5 heteroatoms. The van der Waals surface area contributed by atoms with Crippen molar-refractivity contribution < 1.29 is 13.6 Å². The van der Waals surface area contributed by atoms with Crippen LogP contribution in [0, 0.1) is 5.82 Å². The summed E-state index contributed by atoms with van der Waals surface area (Å²) in [5.41, 5.74) is 0.798. The molecule has 0 spiro atoms. The second-order valence-corrected chi connectivity index (χ2v) is 5.38. The fourth-order valence-electron chi connectivity index (χ4n) is 1.97. The van der Waals surface area contributed by atoms with Gasteiger partial charge in [-0.25, -0.2) is 4.39 Å². The Morgan fingerprint density at radius 3 is 2.81 bits per heavy atom. The molecule has 0 aliphatic heterocycles. The van der Waals surface area contributed by atoms with E-state index in [-0.39, 0.29) is 12.1 Å². The summed E-state index contributed by atoms with van der Waals surface area (Å²) >= 11 is 1.53. The number of hydrogen-bond acceptors (Lipinski definition) is 3. The van der Waals surface area contributed by atoms with E-state index < -0.39 is 11.7 Å². The van der Waals surface area contributed by atoms with Gasteiger partial charge in [0.1, 0.15) is 11.6 Å². The van der Waals surface area contributed by atoms with Crippen LogP contribution in [0.1, 0.15) is 16.1 Å². The Balaban J connectivity index is 1.74. The lowest BCUT2D eigenvalue weighted by Gasteiger charge is -2.06. The molecular weight excluding hydrogens is 289 g/mol. The van der Waals surface area contributed by atoms with Gasteiger partial charge in [-0.3, -0.25) is 4.79 Å². The second-order valence-electron chi connectivity index (χ2n) is 4.43. The van der Waals surface area contributed by atoms with Crippen molar-refractivity contribution in [2.75, 3.05) is 0 Å². The molecule has 106 valence electrons. The fourth-order valence-corrected chi connectivity index (χ4v) is 2.70. The summed E-state index contributed by atoms with van der Waals surface area (Å²) in [7, 11) is 0. The summed E-state index contributed by atoms with van der Waals surface area (Å²) in [6.45, 7) is 0.234. The van der Waals surface area contributed by atoms with Crippen LogP contribution in [0.15, 0.2) is 58.5 Å². The van der Waals surface area contributed by atoms with E-state index in [2.05, 4.69) is 5.32 Å². The molecular formula is C16H12FNO2S. The highest BCUT2D eigenvalue weighted by Crippen LogP contribution is 2.26. The van der Waals surface area contributed by atoms with Gasteiger partial charge in [-0.2, -0.15) is 0 Å². The summed E-state index contributed by atoms with van der Waals surface area (Å²) in [5.74, 6) is -0.363. The number of hydrogen-bond donors (Lipinski definition) is 1. The van der Waals surface area contributed by atoms with Crippen molar-refractivity contribution >= 4 is 17.2 Å². The Hall–Kier alpha value is -2.40. The van der Waals surface area contributed by atoms with Crippen LogP contribution in [0.5, 0.6) is 0 Å². The number of thiophene rings is 1. The zero-order chi connectivity index (χ0) is 14.7. The predicted octanol–water partition coefficient (Wildman–Crippen LogP) is 4.08. The largest absolute Gasteiger partial charge is 0.467 e. The predicted molar refractivity (Wildman–Crippen MR) is 79.6 cm³/mol. The van der Waals surface area contributed by atoms with Gasteiger partial charge in [-0.15, -0.1) is 11.3 Å². The average molecular weight is 301 g/mol. The van der Waals surface area contributed by atoms with Crippen molar-refractivity contribution in [2.45, 2.75) is 6.54 Å². The zero-order valence-electron chi connectivity index (χ0n) is 11.0. The molecule has 0 atom stereocenters. The molecule has 3 nitrogen and oxygen atoms in total. The van der Waals surface area contributed by atoms with E-state index in [9.17, 15) is 9.18 Å². The number of carbonyl (C=O) groups is 1. The minimum atomic E-state index is -0.530. The van der Waals surface area contributed by atoms with Crippen molar-refractivity contribution in [1.29, 1.82) is 0 Å². The number of amides is 1. The third-order valence-electron chi connectivity index (χ3n) is 3.02. The first-order valence-electron chi connectivity index (χ1n) is 6.38. The highest BCUT2D eigenvalue weighted by molar-refractivity contribution is 7.13. The molecule has 1 aromatic carbocycles. The van der Waals surface area contributed by atoms with E-state index in [4.69, 9.17) is 4.42 Å². The van der Waals surface area contributed by atoms with Gasteiger partial charge < -0.3 is 9.73 Å². The molecule has 0 aliphatic rings. The Morgan fingerprint density at radius 2 is 2.14 bits per heavy atom. The molecule has 0 unspecified atom stereocenters. The highest BCUT2D eigenvalue weighted by atomic mass is 32.1. The van der Waals surface area contributed by atoms with Crippen LogP contribution in [0.2, 0.25) is 0 Å². The lowest BCUT2D eigenvalue weighted by molar-refractivity contribution is 0.0944. The van der Waals surface area contributed by atoms with Gasteiger partial charge in [0.2, 0.25) is 0 Å². The Bertz CT molecular complexity index is 736. The molecule has 0 bridgehead atoms. The highest BCUT2D eigenvalue weighted by Gasteiger charge is 2.13.